The van der Waals surface area contributed by atoms with Crippen molar-refractivity contribution in [1.82, 2.24) is 15.2 Å². The van der Waals surface area contributed by atoms with Gasteiger partial charge in [-0.05, 0) is 32.9 Å². The second-order valence-electron chi connectivity index (χ2n) is 6.62. The molecule has 0 saturated heterocycles. The van der Waals surface area contributed by atoms with Crippen LogP contribution in [0.5, 0.6) is 5.75 Å². The fourth-order valence-electron chi connectivity index (χ4n) is 2.73. The molecule has 0 aliphatic heterocycles. The van der Waals surface area contributed by atoms with Gasteiger partial charge in [0.05, 0.1) is 23.4 Å². The summed E-state index contributed by atoms with van der Waals surface area (Å²) < 4.78 is 15.9. The van der Waals surface area contributed by atoms with Gasteiger partial charge in [0, 0.05) is 13.1 Å². The van der Waals surface area contributed by atoms with Crippen LogP contribution in [0.4, 0.5) is 5.82 Å². The minimum Gasteiger partial charge on any atom is -0.488 e. The van der Waals surface area contributed by atoms with Gasteiger partial charge in [0.15, 0.2) is 5.82 Å². The molecular formula is C20H22N4O5. The first-order valence-corrected chi connectivity index (χ1v) is 8.97. The Morgan fingerprint density at radius 1 is 1.14 bits per heavy atom. The fraction of sp³-hybridized carbons (Fsp3) is 0.300. The highest BCUT2D eigenvalue weighted by molar-refractivity contribution is 6.00. The predicted octanol–water partition coefficient (Wildman–Crippen LogP) is 2.88. The van der Waals surface area contributed by atoms with Crippen molar-refractivity contribution in [3.05, 3.63) is 58.7 Å². The smallest absolute Gasteiger partial charge is 0.257 e. The van der Waals surface area contributed by atoms with Crippen molar-refractivity contribution in [3.63, 3.8) is 0 Å². The van der Waals surface area contributed by atoms with Crippen molar-refractivity contribution in [2.45, 2.75) is 27.4 Å². The average molecular weight is 398 g/mol. The van der Waals surface area contributed by atoms with E-state index in [0.717, 1.165) is 11.3 Å². The van der Waals surface area contributed by atoms with Crippen LogP contribution < -0.4 is 10.1 Å². The molecule has 2 amide bonds. The maximum atomic E-state index is 12.9. The summed E-state index contributed by atoms with van der Waals surface area (Å²) in [7, 11) is 1.54. The van der Waals surface area contributed by atoms with Crippen LogP contribution in [0.1, 0.15) is 33.1 Å². The first-order valence-electron chi connectivity index (χ1n) is 8.97. The maximum absolute atomic E-state index is 12.9. The van der Waals surface area contributed by atoms with E-state index in [1.165, 1.54) is 4.90 Å². The highest BCUT2D eigenvalue weighted by Gasteiger charge is 2.20. The standard InChI is InChI=1S/C20H22N4O5/c1-12-9-18(23-28-12)21-19(25)10-24(4)20(26)15-7-5-6-8-17(15)27-11-16-13(2)22-29-14(16)3/h5-9H,10-11H2,1-4H3,(H,21,23,25). The number of carbonyl (C=O) groups excluding carboxylic acids is 2. The number of likely N-dealkylation sites (N-methyl/N-ethyl adjacent to an activating group) is 1. The van der Waals surface area contributed by atoms with Crippen molar-refractivity contribution in [1.29, 1.82) is 0 Å². The van der Waals surface area contributed by atoms with Crippen LogP contribution in [0.3, 0.4) is 0 Å². The monoisotopic (exact) mass is 398 g/mol. The van der Waals surface area contributed by atoms with Gasteiger partial charge in [0.1, 0.15) is 23.9 Å². The zero-order chi connectivity index (χ0) is 21.0. The molecule has 3 aromatic rings. The highest BCUT2D eigenvalue weighted by atomic mass is 16.5. The second kappa shape index (κ2) is 8.59. The number of nitrogens with zero attached hydrogens (tertiary/aromatic N) is 3. The molecule has 152 valence electrons. The highest BCUT2D eigenvalue weighted by Crippen LogP contribution is 2.22. The molecule has 0 atom stereocenters. The average Bonchev–Trinajstić information content (AvgIpc) is 3.24. The molecule has 3 rings (SSSR count). The van der Waals surface area contributed by atoms with Gasteiger partial charge < -0.3 is 24.0 Å². The van der Waals surface area contributed by atoms with E-state index < -0.39 is 0 Å². The minimum absolute atomic E-state index is 0.150. The third kappa shape index (κ3) is 4.81. The summed E-state index contributed by atoms with van der Waals surface area (Å²) in [5.41, 5.74) is 1.93. The fourth-order valence-corrected chi connectivity index (χ4v) is 2.73. The lowest BCUT2D eigenvalue weighted by Crippen LogP contribution is -2.35. The van der Waals surface area contributed by atoms with Crippen LogP contribution in [0, 0.1) is 20.8 Å². The summed E-state index contributed by atoms with van der Waals surface area (Å²) >= 11 is 0. The van der Waals surface area contributed by atoms with Crippen LogP contribution >= 0.6 is 0 Å². The molecule has 0 aliphatic carbocycles. The number of para-hydroxylation sites is 1. The number of aryl methyl sites for hydroxylation is 3. The van der Waals surface area contributed by atoms with Crippen LogP contribution in [0.2, 0.25) is 0 Å². The maximum Gasteiger partial charge on any atom is 0.257 e. The molecule has 2 aromatic heterocycles. The summed E-state index contributed by atoms with van der Waals surface area (Å²) in [6.07, 6.45) is 0. The quantitative estimate of drug-likeness (QED) is 0.651. The first kappa shape index (κ1) is 20.1. The molecule has 0 bridgehead atoms. The van der Waals surface area contributed by atoms with Crippen LogP contribution in [-0.2, 0) is 11.4 Å². The van der Waals surface area contributed by atoms with E-state index in [4.69, 9.17) is 13.8 Å². The lowest BCUT2D eigenvalue weighted by atomic mass is 10.1. The number of rotatable bonds is 7. The van der Waals surface area contributed by atoms with E-state index in [-0.39, 0.29) is 25.0 Å². The molecule has 0 radical (unpaired) electrons. The molecule has 2 heterocycles. The predicted molar refractivity (Wildman–Crippen MR) is 104 cm³/mol. The number of ether oxygens (including phenoxy) is 1. The molecule has 1 aromatic carbocycles. The Kier molecular flexibility index (Phi) is 5.96. The van der Waals surface area contributed by atoms with Gasteiger partial charge in [-0.2, -0.15) is 0 Å². The normalized spacial score (nSPS) is 10.6. The van der Waals surface area contributed by atoms with Gasteiger partial charge >= 0.3 is 0 Å². The number of nitrogens with one attached hydrogen (secondary N) is 1. The van der Waals surface area contributed by atoms with Gasteiger partial charge in [0.2, 0.25) is 5.91 Å². The van der Waals surface area contributed by atoms with Crippen LogP contribution in [0.15, 0.2) is 39.4 Å². The lowest BCUT2D eigenvalue weighted by Gasteiger charge is -2.18. The molecule has 1 N–H and O–H groups in total. The Morgan fingerprint density at radius 2 is 1.90 bits per heavy atom. The SMILES string of the molecule is Cc1cc(NC(=O)CN(C)C(=O)c2ccccc2OCc2c(C)noc2C)no1. The number of amides is 2. The summed E-state index contributed by atoms with van der Waals surface area (Å²) in [4.78, 5) is 26.3. The van der Waals surface area contributed by atoms with Crippen molar-refractivity contribution >= 4 is 17.6 Å². The number of benzene rings is 1. The molecule has 0 fully saturated rings. The Bertz CT molecular complexity index is 1000. The van der Waals surface area contributed by atoms with E-state index in [2.05, 4.69) is 15.6 Å². The van der Waals surface area contributed by atoms with E-state index in [1.54, 1.807) is 51.2 Å². The number of carbonyl (C=O) groups is 2. The zero-order valence-corrected chi connectivity index (χ0v) is 16.7. The molecule has 0 spiro atoms. The van der Waals surface area contributed by atoms with E-state index in [1.807, 2.05) is 6.92 Å². The van der Waals surface area contributed by atoms with E-state index >= 15 is 0 Å². The molecular weight excluding hydrogens is 376 g/mol. The molecule has 29 heavy (non-hydrogen) atoms. The zero-order valence-electron chi connectivity index (χ0n) is 16.7. The largest absolute Gasteiger partial charge is 0.488 e. The molecule has 9 nitrogen and oxygen atoms in total. The van der Waals surface area contributed by atoms with E-state index in [9.17, 15) is 9.59 Å². The van der Waals surface area contributed by atoms with E-state index in [0.29, 0.717) is 28.7 Å². The van der Waals surface area contributed by atoms with Gasteiger partial charge in [0.25, 0.3) is 5.91 Å². The topological polar surface area (TPSA) is 111 Å². The van der Waals surface area contributed by atoms with Crippen LogP contribution in [-0.4, -0.2) is 40.6 Å². The molecule has 0 unspecified atom stereocenters. The molecule has 0 aliphatic rings. The van der Waals surface area contributed by atoms with Gasteiger partial charge in [-0.3, -0.25) is 9.59 Å². The third-order valence-corrected chi connectivity index (χ3v) is 4.29. The van der Waals surface area contributed by atoms with Gasteiger partial charge in [-0.25, -0.2) is 0 Å². The summed E-state index contributed by atoms with van der Waals surface area (Å²) in [6, 6.07) is 8.47. The van der Waals surface area contributed by atoms with Gasteiger partial charge in [-0.1, -0.05) is 22.4 Å². The third-order valence-electron chi connectivity index (χ3n) is 4.29. The van der Waals surface area contributed by atoms with Crippen molar-refractivity contribution in [2.75, 3.05) is 18.9 Å². The Hall–Kier alpha value is -3.62. The Balaban J connectivity index is 1.66. The summed E-state index contributed by atoms with van der Waals surface area (Å²) in [5, 5.41) is 10.2. The molecule has 9 heteroatoms. The number of aromatic nitrogens is 2. The second-order valence-corrected chi connectivity index (χ2v) is 6.62. The number of hydrogen-bond donors (Lipinski definition) is 1. The van der Waals surface area contributed by atoms with Crippen molar-refractivity contribution in [2.24, 2.45) is 0 Å². The summed E-state index contributed by atoms with van der Waals surface area (Å²) in [5.74, 6) is 1.24. The Labute approximate surface area is 167 Å². The lowest BCUT2D eigenvalue weighted by molar-refractivity contribution is -0.116. The summed E-state index contributed by atoms with van der Waals surface area (Å²) in [6.45, 7) is 5.43. The van der Waals surface area contributed by atoms with Crippen LogP contribution in [0.25, 0.3) is 0 Å². The van der Waals surface area contributed by atoms with Crippen molar-refractivity contribution in [3.8, 4) is 5.75 Å². The van der Waals surface area contributed by atoms with Crippen molar-refractivity contribution < 1.29 is 23.4 Å². The first-order chi connectivity index (χ1) is 13.8. The minimum atomic E-state index is -0.386. The van der Waals surface area contributed by atoms with Gasteiger partial charge in [-0.15, -0.1) is 0 Å². The number of anilines is 1. The molecule has 0 saturated carbocycles. The Morgan fingerprint density at radius 3 is 2.55 bits per heavy atom. The number of hydrogen-bond acceptors (Lipinski definition) is 7.